The van der Waals surface area contributed by atoms with Gasteiger partial charge in [-0.3, -0.25) is 9.48 Å². The number of likely N-dealkylation sites (tertiary alicyclic amines) is 1. The zero-order valence-corrected chi connectivity index (χ0v) is 17.3. The second-order valence-electron chi connectivity index (χ2n) is 8.37. The van der Waals surface area contributed by atoms with Gasteiger partial charge in [0.25, 0.3) is 0 Å². The third kappa shape index (κ3) is 3.45. The molecule has 2 heterocycles. The van der Waals surface area contributed by atoms with Crippen LogP contribution in [-0.4, -0.2) is 50.4 Å². The van der Waals surface area contributed by atoms with E-state index in [1.807, 2.05) is 29.2 Å². The van der Waals surface area contributed by atoms with Crippen LogP contribution in [0, 0.1) is 5.92 Å². The molecule has 1 aromatic heterocycles. The molecule has 30 heavy (non-hydrogen) atoms. The highest BCUT2D eigenvalue weighted by atomic mass is 35.5. The standard InChI is InChI=1S/C22H24ClN3O4/c23-15-6-2-4-8-19(15)30-18-9-10-25(17-11-14(17)18)20(27)12-26-16-7-3-1-5-13(16)21(24-26)22(28)29/h2,4,6,8,14,17-18H,1,3,5,7,9-12H2,(H,28,29). The lowest BCUT2D eigenvalue weighted by atomic mass is 9.95. The van der Waals surface area contributed by atoms with Crippen LogP contribution in [0.3, 0.4) is 0 Å². The van der Waals surface area contributed by atoms with Crippen LogP contribution in [0.5, 0.6) is 5.75 Å². The van der Waals surface area contributed by atoms with Gasteiger partial charge in [0.2, 0.25) is 5.91 Å². The van der Waals surface area contributed by atoms with Crippen molar-refractivity contribution in [3.05, 3.63) is 46.2 Å². The smallest absolute Gasteiger partial charge is 0.356 e. The van der Waals surface area contributed by atoms with Gasteiger partial charge < -0.3 is 14.7 Å². The number of halogens is 1. The number of aromatic nitrogens is 2. The Morgan fingerprint density at radius 2 is 2.03 bits per heavy atom. The van der Waals surface area contributed by atoms with Gasteiger partial charge in [0.15, 0.2) is 5.69 Å². The molecular weight excluding hydrogens is 406 g/mol. The summed E-state index contributed by atoms with van der Waals surface area (Å²) in [6, 6.07) is 7.65. The van der Waals surface area contributed by atoms with Crippen LogP contribution in [0.15, 0.2) is 24.3 Å². The quantitative estimate of drug-likeness (QED) is 0.789. The summed E-state index contributed by atoms with van der Waals surface area (Å²) >= 11 is 6.22. The van der Waals surface area contributed by atoms with Crippen molar-refractivity contribution in [2.75, 3.05) is 6.54 Å². The van der Waals surface area contributed by atoms with E-state index in [0.29, 0.717) is 23.2 Å². The topological polar surface area (TPSA) is 84.7 Å². The van der Waals surface area contributed by atoms with Crippen molar-refractivity contribution in [3.63, 3.8) is 0 Å². The maximum atomic E-state index is 13.0. The number of para-hydroxylation sites is 1. The van der Waals surface area contributed by atoms with Crippen LogP contribution in [0.1, 0.15) is 47.4 Å². The Labute approximate surface area is 179 Å². The Morgan fingerprint density at radius 1 is 1.23 bits per heavy atom. The zero-order valence-electron chi connectivity index (χ0n) is 16.6. The first-order valence-electron chi connectivity index (χ1n) is 10.6. The first-order chi connectivity index (χ1) is 14.5. The fraction of sp³-hybridized carbons (Fsp3) is 0.500. The molecule has 7 nitrogen and oxygen atoms in total. The number of piperidine rings is 1. The summed E-state index contributed by atoms with van der Waals surface area (Å²) in [7, 11) is 0. The fourth-order valence-electron chi connectivity index (χ4n) is 4.96. The zero-order chi connectivity index (χ0) is 20.8. The molecule has 2 fully saturated rings. The molecule has 1 amide bonds. The normalized spacial score (nSPS) is 24.7. The van der Waals surface area contributed by atoms with Crippen LogP contribution < -0.4 is 4.74 Å². The van der Waals surface area contributed by atoms with Gasteiger partial charge in [-0.1, -0.05) is 23.7 Å². The van der Waals surface area contributed by atoms with Gasteiger partial charge in [-0.05, 0) is 44.2 Å². The average molecular weight is 430 g/mol. The number of rotatable bonds is 5. The van der Waals surface area contributed by atoms with Gasteiger partial charge in [-0.15, -0.1) is 0 Å². The molecule has 2 aliphatic carbocycles. The van der Waals surface area contributed by atoms with Crippen LogP contribution in [0.4, 0.5) is 0 Å². The van der Waals surface area contributed by atoms with Crippen LogP contribution >= 0.6 is 11.6 Å². The van der Waals surface area contributed by atoms with Crippen molar-refractivity contribution >= 4 is 23.5 Å². The minimum Gasteiger partial charge on any atom is -0.488 e. The highest BCUT2D eigenvalue weighted by Gasteiger charge is 2.52. The number of carbonyl (C=O) groups excluding carboxylic acids is 1. The fourth-order valence-corrected chi connectivity index (χ4v) is 5.14. The molecule has 3 atom stereocenters. The number of amides is 1. The lowest BCUT2D eigenvalue weighted by molar-refractivity contribution is -0.134. The van der Waals surface area contributed by atoms with E-state index in [4.69, 9.17) is 16.3 Å². The Kier molecular flexibility index (Phi) is 4.93. The highest BCUT2D eigenvalue weighted by Crippen LogP contribution is 2.45. The van der Waals surface area contributed by atoms with Gasteiger partial charge in [0.05, 0.1) is 5.02 Å². The Morgan fingerprint density at radius 3 is 2.83 bits per heavy atom. The minimum absolute atomic E-state index is 0.00602. The Hall–Kier alpha value is -2.54. The van der Waals surface area contributed by atoms with E-state index in [0.717, 1.165) is 49.8 Å². The lowest BCUT2D eigenvalue weighted by Crippen LogP contribution is -2.44. The number of ether oxygens (including phenoxy) is 1. The number of hydrogen-bond donors (Lipinski definition) is 1. The van der Waals surface area contributed by atoms with Crippen LogP contribution in [0.25, 0.3) is 0 Å². The Bertz CT molecular complexity index is 1000. The first kappa shape index (κ1) is 19.4. The molecule has 8 heteroatoms. The summed E-state index contributed by atoms with van der Waals surface area (Å²) in [5.74, 6) is 0.00435. The molecule has 0 spiro atoms. The van der Waals surface area contributed by atoms with E-state index in [1.54, 1.807) is 4.68 Å². The molecule has 1 saturated carbocycles. The summed E-state index contributed by atoms with van der Waals surface area (Å²) in [6.45, 7) is 0.735. The van der Waals surface area contributed by atoms with Gasteiger partial charge in [0, 0.05) is 36.2 Å². The van der Waals surface area contributed by atoms with Crippen molar-refractivity contribution in [2.24, 2.45) is 5.92 Å². The summed E-state index contributed by atoms with van der Waals surface area (Å²) < 4.78 is 7.77. The second-order valence-corrected chi connectivity index (χ2v) is 8.78. The molecule has 2 aromatic rings. The van der Waals surface area contributed by atoms with Crippen molar-refractivity contribution in [2.45, 2.75) is 57.2 Å². The van der Waals surface area contributed by atoms with Crippen LogP contribution in [0.2, 0.25) is 5.02 Å². The number of hydrogen-bond acceptors (Lipinski definition) is 4. The van der Waals surface area contributed by atoms with E-state index in [2.05, 4.69) is 5.10 Å². The molecule has 1 aliphatic heterocycles. The maximum absolute atomic E-state index is 13.0. The van der Waals surface area contributed by atoms with Gasteiger partial charge in [-0.25, -0.2) is 4.79 Å². The molecule has 5 rings (SSSR count). The van der Waals surface area contributed by atoms with Crippen molar-refractivity contribution in [3.8, 4) is 5.75 Å². The van der Waals surface area contributed by atoms with E-state index < -0.39 is 5.97 Å². The molecule has 1 aromatic carbocycles. The van der Waals surface area contributed by atoms with E-state index in [1.165, 1.54) is 0 Å². The van der Waals surface area contributed by atoms with Crippen molar-refractivity contribution < 1.29 is 19.4 Å². The summed E-state index contributed by atoms with van der Waals surface area (Å²) in [4.78, 5) is 26.5. The maximum Gasteiger partial charge on any atom is 0.356 e. The van der Waals surface area contributed by atoms with Crippen LogP contribution in [-0.2, 0) is 24.2 Å². The molecule has 0 bridgehead atoms. The third-order valence-corrected chi connectivity index (χ3v) is 6.83. The summed E-state index contributed by atoms with van der Waals surface area (Å²) in [6.07, 6.45) is 5.23. The molecule has 1 N–H and O–H groups in total. The van der Waals surface area contributed by atoms with Gasteiger partial charge in [-0.2, -0.15) is 5.10 Å². The third-order valence-electron chi connectivity index (χ3n) is 6.52. The minimum atomic E-state index is -1.01. The second kappa shape index (κ2) is 7.61. The molecule has 3 unspecified atom stereocenters. The van der Waals surface area contributed by atoms with Crippen molar-refractivity contribution in [1.82, 2.24) is 14.7 Å². The number of aromatic carboxylic acids is 1. The molecule has 1 saturated heterocycles. The summed E-state index contributed by atoms with van der Waals surface area (Å²) in [5, 5.41) is 14.3. The van der Waals surface area contributed by atoms with Gasteiger partial charge in [0.1, 0.15) is 18.4 Å². The van der Waals surface area contributed by atoms with Crippen molar-refractivity contribution in [1.29, 1.82) is 0 Å². The SMILES string of the molecule is O=C(O)c1nn(CC(=O)N2CCC(Oc3ccccc3Cl)C3CC32)c2c1CCCC2. The average Bonchev–Trinajstić information content (AvgIpc) is 3.46. The number of carboxylic acid groups (broad SMARTS) is 1. The van der Waals surface area contributed by atoms with Gasteiger partial charge >= 0.3 is 5.97 Å². The molecular formula is C22H24ClN3O4. The lowest BCUT2D eigenvalue weighted by Gasteiger charge is -2.32. The number of carbonyl (C=O) groups is 2. The molecule has 0 radical (unpaired) electrons. The van der Waals surface area contributed by atoms with E-state index in [9.17, 15) is 14.7 Å². The van der Waals surface area contributed by atoms with E-state index in [-0.39, 0.29) is 30.3 Å². The predicted molar refractivity (Wildman–Crippen MR) is 110 cm³/mol. The number of carboxylic acids is 1. The monoisotopic (exact) mass is 429 g/mol. The number of fused-ring (bicyclic) bond motifs is 2. The molecule has 3 aliphatic rings. The molecule has 158 valence electrons. The predicted octanol–water partition coefficient (Wildman–Crippen LogP) is 3.18. The summed E-state index contributed by atoms with van der Waals surface area (Å²) in [5.41, 5.74) is 1.82. The Balaban J connectivity index is 1.26. The first-order valence-corrected chi connectivity index (χ1v) is 10.9. The number of nitrogens with zero attached hydrogens (tertiary/aromatic N) is 3. The number of benzene rings is 1. The van der Waals surface area contributed by atoms with E-state index >= 15 is 0 Å². The largest absolute Gasteiger partial charge is 0.488 e. The highest BCUT2D eigenvalue weighted by molar-refractivity contribution is 6.32.